The van der Waals surface area contributed by atoms with E-state index in [-0.39, 0.29) is 23.7 Å². The van der Waals surface area contributed by atoms with Gasteiger partial charge < -0.3 is 20.9 Å². The summed E-state index contributed by atoms with van der Waals surface area (Å²) in [6.07, 6.45) is -4.71. The number of rotatable bonds is 1. The van der Waals surface area contributed by atoms with Crippen molar-refractivity contribution in [2.24, 2.45) is 0 Å². The Morgan fingerprint density at radius 2 is 1.76 bits per heavy atom. The van der Waals surface area contributed by atoms with Gasteiger partial charge in [-0.15, -0.1) is 0 Å². The first kappa shape index (κ1) is 13.3. The number of hydrogen-bond acceptors (Lipinski definition) is 6. The third-order valence-corrected chi connectivity index (χ3v) is 2.88. The van der Waals surface area contributed by atoms with Crippen LogP contribution in [-0.2, 0) is 6.18 Å². The minimum absolute atomic E-state index is 0.0125. The molecule has 1 aliphatic heterocycles. The summed E-state index contributed by atoms with van der Waals surface area (Å²) in [7, 11) is 0. The Morgan fingerprint density at radius 1 is 1.05 bits per heavy atom. The van der Waals surface area contributed by atoms with Gasteiger partial charge in [-0.05, 0) is 17.7 Å². The molecule has 0 saturated carbocycles. The number of alkyl halides is 3. The fraction of sp³-hybridized carbons (Fsp3) is 0.167. The van der Waals surface area contributed by atoms with E-state index < -0.39 is 17.8 Å². The fourth-order valence-corrected chi connectivity index (χ4v) is 2.04. The molecule has 0 radical (unpaired) electrons. The summed E-state index contributed by atoms with van der Waals surface area (Å²) in [4.78, 5) is 6.85. The van der Waals surface area contributed by atoms with Gasteiger partial charge in [-0.25, -0.2) is 4.98 Å². The maximum atomic E-state index is 13.1. The highest BCUT2D eigenvalue weighted by molar-refractivity contribution is 5.79. The molecule has 110 valence electrons. The molecule has 0 fully saturated rings. The van der Waals surface area contributed by atoms with Crippen molar-refractivity contribution in [2.45, 2.75) is 6.18 Å². The maximum Gasteiger partial charge on any atom is 0.434 e. The van der Waals surface area contributed by atoms with Crippen LogP contribution >= 0.6 is 0 Å². The Labute approximate surface area is 116 Å². The van der Waals surface area contributed by atoms with Crippen LogP contribution in [0.3, 0.4) is 0 Å². The van der Waals surface area contributed by atoms with Gasteiger partial charge >= 0.3 is 6.18 Å². The number of halogens is 3. The number of nitrogens with zero attached hydrogens (tertiary/aromatic N) is 2. The molecule has 1 aliphatic rings. The number of nitrogen functional groups attached to an aromatic ring is 2. The third kappa shape index (κ3) is 2.26. The van der Waals surface area contributed by atoms with Gasteiger partial charge in [-0.2, -0.15) is 18.2 Å². The number of hydrogen-bond donors (Lipinski definition) is 2. The van der Waals surface area contributed by atoms with Crippen LogP contribution in [0.5, 0.6) is 11.5 Å². The maximum absolute atomic E-state index is 13.1. The fourth-order valence-electron chi connectivity index (χ4n) is 2.04. The first-order valence-electron chi connectivity index (χ1n) is 5.76. The number of aromatic nitrogens is 2. The zero-order valence-corrected chi connectivity index (χ0v) is 10.4. The summed E-state index contributed by atoms with van der Waals surface area (Å²) in [5, 5.41) is 0. The highest BCUT2D eigenvalue weighted by Crippen LogP contribution is 2.42. The molecular weight excluding hydrogens is 289 g/mol. The molecule has 3 rings (SSSR count). The van der Waals surface area contributed by atoms with Crippen molar-refractivity contribution in [3.63, 3.8) is 0 Å². The Balaban J connectivity index is 2.22. The molecule has 21 heavy (non-hydrogen) atoms. The van der Waals surface area contributed by atoms with E-state index in [1.807, 2.05) is 0 Å². The average molecular weight is 298 g/mol. The molecule has 1 aromatic carbocycles. The third-order valence-electron chi connectivity index (χ3n) is 2.88. The Morgan fingerprint density at radius 3 is 2.48 bits per heavy atom. The zero-order chi connectivity index (χ0) is 15.2. The molecule has 0 spiro atoms. The number of fused-ring (bicyclic) bond motifs is 1. The first-order chi connectivity index (χ1) is 9.86. The van der Waals surface area contributed by atoms with Crippen LogP contribution in [0.2, 0.25) is 0 Å². The highest BCUT2D eigenvalue weighted by atomic mass is 19.4. The lowest BCUT2D eigenvalue weighted by molar-refractivity contribution is -0.140. The van der Waals surface area contributed by atoms with Gasteiger partial charge in [0.15, 0.2) is 17.2 Å². The van der Waals surface area contributed by atoms with Crippen LogP contribution in [0, 0.1) is 0 Å². The van der Waals surface area contributed by atoms with Crippen LogP contribution < -0.4 is 20.9 Å². The molecule has 2 heterocycles. The van der Waals surface area contributed by atoms with Gasteiger partial charge in [0.2, 0.25) is 12.7 Å². The second kappa shape index (κ2) is 4.40. The molecule has 0 bridgehead atoms. The van der Waals surface area contributed by atoms with Gasteiger partial charge in [-0.1, -0.05) is 6.07 Å². The Bertz CT molecular complexity index is 718. The van der Waals surface area contributed by atoms with E-state index in [1.54, 1.807) is 0 Å². The van der Waals surface area contributed by atoms with Crippen molar-refractivity contribution in [2.75, 3.05) is 18.3 Å². The molecular formula is C12H9F3N4O2. The SMILES string of the molecule is Nc1nc(N)c(-c2ccc3c(c2)OCO3)c(C(F)(F)F)n1. The molecule has 6 nitrogen and oxygen atoms in total. The number of ether oxygens (including phenoxy) is 2. The molecule has 1 aromatic heterocycles. The first-order valence-corrected chi connectivity index (χ1v) is 5.76. The van der Waals surface area contributed by atoms with E-state index in [1.165, 1.54) is 18.2 Å². The van der Waals surface area contributed by atoms with Crippen LogP contribution in [-0.4, -0.2) is 16.8 Å². The number of anilines is 2. The summed E-state index contributed by atoms with van der Waals surface area (Å²) in [6.45, 7) is 0.0125. The van der Waals surface area contributed by atoms with Gasteiger partial charge in [0.25, 0.3) is 0 Å². The lowest BCUT2D eigenvalue weighted by Gasteiger charge is -2.14. The van der Waals surface area contributed by atoms with Crippen molar-refractivity contribution < 1.29 is 22.6 Å². The van der Waals surface area contributed by atoms with E-state index in [2.05, 4.69) is 9.97 Å². The summed E-state index contributed by atoms with van der Waals surface area (Å²) in [5.74, 6) is -0.114. The molecule has 0 atom stereocenters. The summed E-state index contributed by atoms with van der Waals surface area (Å²) < 4.78 is 49.6. The van der Waals surface area contributed by atoms with E-state index in [4.69, 9.17) is 20.9 Å². The quantitative estimate of drug-likeness (QED) is 0.836. The largest absolute Gasteiger partial charge is 0.454 e. The Kier molecular flexibility index (Phi) is 2.78. The van der Waals surface area contributed by atoms with Gasteiger partial charge in [-0.3, -0.25) is 0 Å². The normalized spacial score (nSPS) is 13.5. The summed E-state index contributed by atoms with van der Waals surface area (Å²) in [6, 6.07) is 4.31. The topological polar surface area (TPSA) is 96.3 Å². The zero-order valence-electron chi connectivity index (χ0n) is 10.4. The van der Waals surface area contributed by atoms with Crippen molar-refractivity contribution in [1.82, 2.24) is 9.97 Å². The lowest BCUT2D eigenvalue weighted by atomic mass is 10.0. The van der Waals surface area contributed by atoms with Crippen molar-refractivity contribution in [3.8, 4) is 22.6 Å². The van der Waals surface area contributed by atoms with Gasteiger partial charge in [0.05, 0.1) is 5.56 Å². The average Bonchev–Trinajstić information content (AvgIpc) is 2.83. The van der Waals surface area contributed by atoms with Crippen molar-refractivity contribution in [1.29, 1.82) is 0 Å². The summed E-state index contributed by atoms with van der Waals surface area (Å²) in [5.41, 5.74) is 9.48. The second-order valence-corrected chi connectivity index (χ2v) is 4.26. The standard InChI is InChI=1S/C12H9F3N4O2/c13-12(14,15)9-8(10(16)19-11(17)18-9)5-1-2-6-7(3-5)21-4-20-6/h1-3H,4H2,(H4,16,17,18,19). The van der Waals surface area contributed by atoms with Crippen molar-refractivity contribution >= 4 is 11.8 Å². The molecule has 9 heteroatoms. The Hall–Kier alpha value is -2.71. The molecule has 0 amide bonds. The molecule has 0 saturated heterocycles. The minimum atomic E-state index is -4.71. The molecule has 0 unspecified atom stereocenters. The van der Waals surface area contributed by atoms with E-state index in [0.29, 0.717) is 11.5 Å². The number of benzene rings is 1. The summed E-state index contributed by atoms with van der Waals surface area (Å²) >= 11 is 0. The van der Waals surface area contributed by atoms with Gasteiger partial charge in [0, 0.05) is 0 Å². The monoisotopic (exact) mass is 298 g/mol. The van der Waals surface area contributed by atoms with E-state index >= 15 is 0 Å². The predicted octanol–water partition coefficient (Wildman–Crippen LogP) is 2.06. The van der Waals surface area contributed by atoms with E-state index in [9.17, 15) is 13.2 Å². The smallest absolute Gasteiger partial charge is 0.434 e. The highest BCUT2D eigenvalue weighted by Gasteiger charge is 2.38. The van der Waals surface area contributed by atoms with Crippen molar-refractivity contribution in [3.05, 3.63) is 23.9 Å². The second-order valence-electron chi connectivity index (χ2n) is 4.26. The van der Waals surface area contributed by atoms with E-state index in [0.717, 1.165) is 0 Å². The molecule has 0 aliphatic carbocycles. The number of nitrogens with two attached hydrogens (primary N) is 2. The van der Waals surface area contributed by atoms with Crippen LogP contribution in [0.25, 0.3) is 11.1 Å². The van der Waals surface area contributed by atoms with Crippen LogP contribution in [0.1, 0.15) is 5.69 Å². The molecule has 4 N–H and O–H groups in total. The van der Waals surface area contributed by atoms with Gasteiger partial charge in [0.1, 0.15) is 5.82 Å². The molecule has 2 aromatic rings. The minimum Gasteiger partial charge on any atom is -0.454 e. The van der Waals surface area contributed by atoms with Crippen LogP contribution in [0.4, 0.5) is 24.9 Å². The van der Waals surface area contributed by atoms with Crippen LogP contribution in [0.15, 0.2) is 18.2 Å². The lowest BCUT2D eigenvalue weighted by Crippen LogP contribution is -2.15. The predicted molar refractivity (Wildman–Crippen MR) is 67.4 cm³/mol.